The van der Waals surface area contributed by atoms with Crippen LogP contribution in [0, 0.1) is 10.8 Å². The summed E-state index contributed by atoms with van der Waals surface area (Å²) in [6, 6.07) is 5.05. The minimum Gasteiger partial charge on any atom is -0.399 e. The van der Waals surface area contributed by atoms with Crippen molar-refractivity contribution in [3.05, 3.63) is 35.5 Å². The van der Waals surface area contributed by atoms with E-state index in [0.29, 0.717) is 16.9 Å². The van der Waals surface area contributed by atoms with E-state index >= 15 is 0 Å². The number of nitrogens with zero attached hydrogens (tertiary/aromatic N) is 1. The number of benzene rings is 1. The van der Waals surface area contributed by atoms with Crippen molar-refractivity contribution < 1.29 is 0 Å². The Morgan fingerprint density at radius 3 is 2.59 bits per heavy atom. The average Bonchev–Trinajstić information content (AvgIpc) is 2.25. The van der Waals surface area contributed by atoms with E-state index in [1.807, 2.05) is 0 Å². The first kappa shape index (κ1) is 12.9. The molecule has 0 aliphatic rings. The van der Waals surface area contributed by atoms with Crippen molar-refractivity contribution in [2.45, 2.75) is 0 Å². The summed E-state index contributed by atoms with van der Waals surface area (Å²) < 4.78 is 0. The predicted molar refractivity (Wildman–Crippen MR) is 73.3 cm³/mol. The number of allylic oxidation sites excluding steroid dienone is 2. The second-order valence-corrected chi connectivity index (χ2v) is 3.62. The molecule has 0 atom stereocenters. The van der Waals surface area contributed by atoms with E-state index in [2.05, 4.69) is 4.99 Å². The van der Waals surface area contributed by atoms with Gasteiger partial charge in [0.25, 0.3) is 0 Å². The van der Waals surface area contributed by atoms with Crippen LogP contribution in [0.4, 0.5) is 11.4 Å². The highest BCUT2D eigenvalue weighted by Gasteiger charge is 1.97. The lowest BCUT2D eigenvalue weighted by atomic mass is 10.2. The predicted octanol–water partition coefficient (Wildman–Crippen LogP) is 2.02. The molecule has 5 nitrogen and oxygen atoms in total. The van der Waals surface area contributed by atoms with E-state index in [1.165, 1.54) is 12.3 Å². The normalized spacial score (nSPS) is 11.7. The van der Waals surface area contributed by atoms with Crippen molar-refractivity contribution in [3.63, 3.8) is 0 Å². The van der Waals surface area contributed by atoms with Crippen molar-refractivity contribution in [1.82, 2.24) is 0 Å². The number of nitrogens with one attached hydrogen (secondary N) is 2. The second-order valence-electron chi connectivity index (χ2n) is 3.21. The van der Waals surface area contributed by atoms with Gasteiger partial charge in [0, 0.05) is 35.4 Å². The molecule has 6 heteroatoms. The molecule has 0 spiro atoms. The largest absolute Gasteiger partial charge is 0.399 e. The van der Waals surface area contributed by atoms with Crippen molar-refractivity contribution >= 4 is 40.6 Å². The number of aliphatic imine (C=N–C) groups is 1. The molecule has 0 aliphatic heterocycles. The van der Waals surface area contributed by atoms with Gasteiger partial charge >= 0.3 is 0 Å². The van der Waals surface area contributed by atoms with Crippen molar-refractivity contribution in [2.75, 3.05) is 11.5 Å². The minimum absolute atomic E-state index is 0.189. The molecule has 0 unspecified atom stereocenters. The van der Waals surface area contributed by atoms with E-state index in [-0.39, 0.29) is 10.9 Å². The van der Waals surface area contributed by atoms with Gasteiger partial charge in [-0.05, 0) is 18.2 Å². The summed E-state index contributed by atoms with van der Waals surface area (Å²) in [7, 11) is 0. The molecule has 88 valence electrons. The average molecular weight is 250 g/mol. The molecule has 0 heterocycles. The molecule has 1 aromatic rings. The van der Waals surface area contributed by atoms with Crippen molar-refractivity contribution in [2.24, 2.45) is 4.99 Å². The van der Waals surface area contributed by atoms with Crippen molar-refractivity contribution in [3.8, 4) is 0 Å². The molecule has 1 rings (SSSR count). The first-order valence-electron chi connectivity index (χ1n) is 4.68. The van der Waals surface area contributed by atoms with Gasteiger partial charge in [-0.1, -0.05) is 11.6 Å². The lowest BCUT2D eigenvalue weighted by Crippen LogP contribution is -1.96. The molecular weight excluding hydrogens is 238 g/mol. The molecule has 0 amide bonds. The van der Waals surface area contributed by atoms with Crippen LogP contribution in [0.15, 0.2) is 35.0 Å². The Kier molecular flexibility index (Phi) is 4.42. The van der Waals surface area contributed by atoms with Gasteiger partial charge in [-0.25, -0.2) is 0 Å². The summed E-state index contributed by atoms with van der Waals surface area (Å²) in [5, 5.41) is 14.0. The maximum atomic E-state index is 7.09. The van der Waals surface area contributed by atoms with Gasteiger partial charge in [0.1, 0.15) is 5.17 Å². The zero-order valence-electron chi connectivity index (χ0n) is 8.94. The SMILES string of the molecule is N=C/C(=C\C(=N)Cl)N=Cc1ccc(N)cc1N. The lowest BCUT2D eigenvalue weighted by molar-refractivity contribution is 1.44. The van der Waals surface area contributed by atoms with Crippen LogP contribution in [-0.4, -0.2) is 17.6 Å². The first-order chi connectivity index (χ1) is 8.02. The van der Waals surface area contributed by atoms with E-state index in [9.17, 15) is 0 Å². The summed E-state index contributed by atoms with van der Waals surface area (Å²) in [6.45, 7) is 0. The van der Waals surface area contributed by atoms with Gasteiger partial charge in [0.15, 0.2) is 0 Å². The molecule has 0 saturated carbocycles. The van der Waals surface area contributed by atoms with Gasteiger partial charge in [-0.3, -0.25) is 10.4 Å². The number of rotatable bonds is 4. The highest BCUT2D eigenvalue weighted by atomic mass is 35.5. The molecule has 0 radical (unpaired) electrons. The fraction of sp³-hybridized carbons (Fsp3) is 0. The topological polar surface area (TPSA) is 112 Å². The summed E-state index contributed by atoms with van der Waals surface area (Å²) in [4.78, 5) is 3.99. The van der Waals surface area contributed by atoms with Crippen LogP contribution in [0.5, 0.6) is 0 Å². The molecule has 1 aromatic carbocycles. The molecule has 0 bridgehead atoms. The van der Waals surface area contributed by atoms with Crippen LogP contribution < -0.4 is 11.5 Å². The van der Waals surface area contributed by atoms with Gasteiger partial charge < -0.3 is 16.9 Å². The summed E-state index contributed by atoms with van der Waals surface area (Å²) >= 11 is 5.37. The molecular formula is C11H12ClN5. The summed E-state index contributed by atoms with van der Waals surface area (Å²) in [6.07, 6.45) is 3.75. The van der Waals surface area contributed by atoms with Crippen LogP contribution in [-0.2, 0) is 0 Å². The third kappa shape index (κ3) is 4.08. The van der Waals surface area contributed by atoms with E-state index in [1.54, 1.807) is 18.2 Å². The summed E-state index contributed by atoms with van der Waals surface area (Å²) in [5.41, 5.74) is 13.3. The fourth-order valence-electron chi connectivity index (χ4n) is 1.10. The maximum absolute atomic E-state index is 7.09. The number of halogens is 1. The Morgan fingerprint density at radius 1 is 1.35 bits per heavy atom. The van der Waals surface area contributed by atoms with Gasteiger partial charge in [-0.15, -0.1) is 0 Å². The number of nitrogens with two attached hydrogens (primary N) is 2. The van der Waals surface area contributed by atoms with Crippen LogP contribution in [0.2, 0.25) is 0 Å². The Labute approximate surface area is 104 Å². The van der Waals surface area contributed by atoms with Crippen molar-refractivity contribution in [1.29, 1.82) is 10.8 Å². The standard InChI is InChI=1S/C11H12ClN5/c12-11(16)4-9(5-13)17-6-7-1-2-8(14)3-10(7)15/h1-6,13,16H,14-15H2/b9-4+,13-5?,16-11?,17-6?. The minimum atomic E-state index is -0.189. The Balaban J connectivity index is 2.97. The van der Waals surface area contributed by atoms with E-state index in [4.69, 9.17) is 33.9 Å². The van der Waals surface area contributed by atoms with Gasteiger partial charge in [0.2, 0.25) is 0 Å². The maximum Gasteiger partial charge on any atom is 0.122 e. The molecule has 0 aromatic heterocycles. The Hall–Kier alpha value is -2.14. The third-order valence-electron chi connectivity index (χ3n) is 1.89. The Bertz CT molecular complexity index is 505. The lowest BCUT2D eigenvalue weighted by Gasteiger charge is -2.00. The van der Waals surface area contributed by atoms with Crippen LogP contribution in [0.1, 0.15) is 5.56 Å². The smallest absolute Gasteiger partial charge is 0.122 e. The number of hydrogen-bond acceptors (Lipinski definition) is 5. The van der Waals surface area contributed by atoms with Crippen LogP contribution in [0.25, 0.3) is 0 Å². The molecule has 17 heavy (non-hydrogen) atoms. The van der Waals surface area contributed by atoms with Crippen LogP contribution in [0.3, 0.4) is 0 Å². The second kappa shape index (κ2) is 5.81. The summed E-state index contributed by atoms with van der Waals surface area (Å²) in [5.74, 6) is 0. The van der Waals surface area contributed by atoms with Gasteiger partial charge in [-0.2, -0.15) is 0 Å². The number of nitrogen functional groups attached to an aromatic ring is 2. The molecule has 0 saturated heterocycles. The highest BCUT2D eigenvalue weighted by Crippen LogP contribution is 2.13. The fourth-order valence-corrected chi connectivity index (χ4v) is 1.21. The third-order valence-corrected chi connectivity index (χ3v) is 2.00. The van der Waals surface area contributed by atoms with E-state index in [0.717, 1.165) is 6.21 Å². The van der Waals surface area contributed by atoms with Gasteiger partial charge in [0.05, 0.1) is 5.70 Å². The quantitative estimate of drug-likeness (QED) is 0.483. The molecule has 6 N–H and O–H groups in total. The zero-order valence-corrected chi connectivity index (χ0v) is 9.70. The molecule has 0 fully saturated rings. The zero-order chi connectivity index (χ0) is 12.8. The first-order valence-corrected chi connectivity index (χ1v) is 5.06. The van der Waals surface area contributed by atoms with E-state index < -0.39 is 0 Å². The number of anilines is 2. The monoisotopic (exact) mass is 249 g/mol. The van der Waals surface area contributed by atoms with Crippen LogP contribution >= 0.6 is 11.6 Å². The Morgan fingerprint density at radius 2 is 2.06 bits per heavy atom. The molecule has 0 aliphatic carbocycles. The highest BCUT2D eigenvalue weighted by molar-refractivity contribution is 6.67. The number of hydrogen-bond donors (Lipinski definition) is 4.